The number of H-pyrrole nitrogens is 1. The van der Waals surface area contributed by atoms with Crippen molar-refractivity contribution in [3.8, 4) is 0 Å². The molecule has 14 heteroatoms. The first-order valence-electron chi connectivity index (χ1n) is 16.6. The van der Waals surface area contributed by atoms with E-state index in [4.69, 9.17) is 9.29 Å². The predicted octanol–water partition coefficient (Wildman–Crippen LogP) is 2.02. The lowest BCUT2D eigenvalue weighted by Gasteiger charge is -2.50. The van der Waals surface area contributed by atoms with Crippen LogP contribution in [0, 0.1) is 17.8 Å². The largest absolute Gasteiger partial charge is 0.361 e. The number of hydrogen-bond donors (Lipinski definition) is 4. The van der Waals surface area contributed by atoms with Gasteiger partial charge in [0.2, 0.25) is 17.5 Å². The number of piperazine rings is 1. The summed E-state index contributed by atoms with van der Waals surface area (Å²) in [6.07, 6.45) is 6.32. The maximum Gasteiger partial charge on any atom is 0.281 e. The van der Waals surface area contributed by atoms with E-state index >= 15 is 0 Å². The van der Waals surface area contributed by atoms with Crippen molar-refractivity contribution in [3.63, 3.8) is 0 Å². The molecule has 4 N–H and O–H groups in total. The minimum Gasteiger partial charge on any atom is -0.361 e. The fourth-order valence-corrected chi connectivity index (χ4v) is 8.64. The fraction of sp³-hybridized carbons (Fsp3) is 0.667. The third-order valence-corrected chi connectivity index (χ3v) is 11.1. The lowest BCUT2D eigenvalue weighted by atomic mass is 9.72. The Balaban J connectivity index is 0.000000720. The molecule has 0 unspecified atom stereocenters. The highest BCUT2D eigenvalue weighted by molar-refractivity contribution is 7.85. The van der Waals surface area contributed by atoms with Crippen LogP contribution in [0.4, 0.5) is 0 Å². The fourth-order valence-electron chi connectivity index (χ4n) is 8.64. The molecule has 8 atom stereocenters. The smallest absolute Gasteiger partial charge is 0.281 e. The Hall–Kier alpha value is -3.04. The molecule has 0 radical (unpaired) electrons. The van der Waals surface area contributed by atoms with Crippen molar-refractivity contribution in [2.24, 2.45) is 17.8 Å². The molecule has 2 aromatic rings. The molecule has 0 saturated carbocycles. The van der Waals surface area contributed by atoms with Crippen molar-refractivity contribution in [2.45, 2.75) is 95.5 Å². The average Bonchev–Trinajstić information content (AvgIpc) is 3.71. The van der Waals surface area contributed by atoms with Gasteiger partial charge in [-0.15, -0.1) is 0 Å². The zero-order chi connectivity index (χ0) is 34.2. The summed E-state index contributed by atoms with van der Waals surface area (Å²) < 4.78 is 32.3. The van der Waals surface area contributed by atoms with Crippen molar-refractivity contribution < 1.29 is 37.2 Å². The number of ether oxygens (including phenoxy) is 1. The molecule has 13 nitrogen and oxygen atoms in total. The molecule has 4 saturated heterocycles. The molecule has 3 amide bonds. The Morgan fingerprint density at radius 3 is 2.60 bits per heavy atom. The van der Waals surface area contributed by atoms with Crippen LogP contribution in [0.5, 0.6) is 0 Å². The normalized spacial score (nSPS) is 34.1. The van der Waals surface area contributed by atoms with Gasteiger partial charge in [-0.25, -0.2) is 0 Å². The van der Waals surface area contributed by atoms with Crippen molar-refractivity contribution in [3.05, 3.63) is 35.5 Å². The van der Waals surface area contributed by atoms with E-state index in [1.165, 1.54) is 21.4 Å². The average molecular weight is 674 g/mol. The van der Waals surface area contributed by atoms with Crippen molar-refractivity contribution >= 4 is 38.7 Å². The second kappa shape index (κ2) is 11.8. The number of aliphatic hydroxyl groups is 1. The van der Waals surface area contributed by atoms with Crippen molar-refractivity contribution in [1.29, 1.82) is 0 Å². The summed E-state index contributed by atoms with van der Waals surface area (Å²) in [5, 5.41) is 16.5. The molecule has 5 heterocycles. The van der Waals surface area contributed by atoms with E-state index in [9.17, 15) is 27.9 Å². The summed E-state index contributed by atoms with van der Waals surface area (Å²) in [5.41, 5.74) is 1.93. The predicted molar refractivity (Wildman–Crippen MR) is 173 cm³/mol. The number of rotatable bonds is 5. The molecule has 1 aromatic carbocycles. The highest BCUT2D eigenvalue weighted by Crippen LogP contribution is 2.49. The summed E-state index contributed by atoms with van der Waals surface area (Å²) in [7, 11) is -1.59. The van der Waals surface area contributed by atoms with E-state index in [1.54, 1.807) is 4.90 Å². The number of aromatic amines is 1. The van der Waals surface area contributed by atoms with Gasteiger partial charge in [0.05, 0.1) is 12.2 Å². The van der Waals surface area contributed by atoms with Gasteiger partial charge in [-0.3, -0.25) is 28.6 Å². The number of carbonyl (C=O) groups is 3. The highest BCUT2D eigenvalue weighted by atomic mass is 32.2. The summed E-state index contributed by atoms with van der Waals surface area (Å²) in [6.45, 7) is 8.63. The van der Waals surface area contributed by atoms with E-state index in [-0.39, 0.29) is 35.6 Å². The molecule has 0 bridgehead atoms. The van der Waals surface area contributed by atoms with E-state index in [0.717, 1.165) is 18.4 Å². The maximum atomic E-state index is 14.5. The van der Waals surface area contributed by atoms with E-state index in [0.29, 0.717) is 38.6 Å². The summed E-state index contributed by atoms with van der Waals surface area (Å²) >= 11 is 0. The molecule has 0 spiro atoms. The van der Waals surface area contributed by atoms with Crippen LogP contribution < -0.4 is 5.32 Å². The van der Waals surface area contributed by atoms with Crippen molar-refractivity contribution in [2.75, 3.05) is 26.4 Å². The van der Waals surface area contributed by atoms with E-state index < -0.39 is 45.7 Å². The Kier molecular flexibility index (Phi) is 8.52. The van der Waals surface area contributed by atoms with Crippen LogP contribution in [0.2, 0.25) is 0 Å². The van der Waals surface area contributed by atoms with Crippen molar-refractivity contribution in [1.82, 2.24) is 25.0 Å². The first-order valence-corrected chi connectivity index (χ1v) is 18.5. The first kappa shape index (κ1) is 33.8. The number of amides is 3. The van der Waals surface area contributed by atoms with Gasteiger partial charge in [0.15, 0.2) is 0 Å². The number of nitrogens with zero attached hydrogens (tertiary/aromatic N) is 3. The van der Waals surface area contributed by atoms with Gasteiger partial charge in [0.25, 0.3) is 21.9 Å². The quantitative estimate of drug-likeness (QED) is 0.347. The van der Waals surface area contributed by atoms with Crippen LogP contribution in [-0.4, -0.2) is 112 Å². The second-order valence-electron chi connectivity index (χ2n) is 14.4. The van der Waals surface area contributed by atoms with Gasteiger partial charge in [0, 0.05) is 48.1 Å². The maximum absolute atomic E-state index is 14.5. The number of aromatic nitrogens is 1. The molecular formula is C33H47N5O8S. The highest BCUT2D eigenvalue weighted by Gasteiger charge is 2.72. The van der Waals surface area contributed by atoms with Crippen LogP contribution in [0.25, 0.3) is 10.9 Å². The topological polar surface area (TPSA) is 173 Å². The molecule has 5 aliphatic rings. The van der Waals surface area contributed by atoms with Crippen LogP contribution in [0.1, 0.15) is 70.4 Å². The van der Waals surface area contributed by atoms with Gasteiger partial charge in [-0.05, 0) is 55.8 Å². The van der Waals surface area contributed by atoms with Gasteiger partial charge >= 0.3 is 0 Å². The van der Waals surface area contributed by atoms with Gasteiger partial charge in [-0.1, -0.05) is 46.2 Å². The van der Waals surface area contributed by atoms with Crippen LogP contribution in [-0.2, 0) is 35.7 Å². The lowest BCUT2D eigenvalue weighted by molar-refractivity contribution is -0.324. The monoisotopic (exact) mass is 673 g/mol. The van der Waals surface area contributed by atoms with Crippen LogP contribution in [0.3, 0.4) is 0 Å². The first-order chi connectivity index (χ1) is 22.0. The van der Waals surface area contributed by atoms with Gasteiger partial charge < -0.3 is 25.2 Å². The zero-order valence-electron chi connectivity index (χ0n) is 27.9. The molecular weight excluding hydrogens is 626 g/mol. The third-order valence-electron chi connectivity index (χ3n) is 11.1. The Morgan fingerprint density at radius 2 is 1.94 bits per heavy atom. The Morgan fingerprint density at radius 1 is 1.23 bits per heavy atom. The minimum absolute atomic E-state index is 0.144. The SMILES string of the molecule is CC[C@H](C)[C@H]1C(=O)N2CCC[C@H]2[C@]2(O)O[C@](NC(=O)[C@@H]3C[C@@H]4c5cccc6[nH]cc(c56)C[C@H]4N(C)C3)(C(C)C)C(=O)N12.CS(=O)(=O)O. The standard InChI is InChI=1S/C32H43N5O5.CH4O3S/c1-6-18(4)27-29(39)36-12-8-11-25(36)32(41)37(27)30(40)31(42-32,17(2)3)34-28(38)20-13-22-21-9-7-10-23-26(21)19(15-33-23)14-24(22)35(5)16-20;1-5(2,3)4/h7,9-10,15,17-18,20,22,24-25,27,33,41H,6,8,11-14,16H2,1-5H3,(H,34,38);1H3,(H,2,3,4)/t18-,20+,22+,24+,25-,27-,31+,32-;/m0./s1. The molecule has 258 valence electrons. The number of benzene rings is 1. The third kappa shape index (κ3) is 5.45. The summed E-state index contributed by atoms with van der Waals surface area (Å²) in [5.74, 6) is -3.79. The Bertz CT molecular complexity index is 1690. The van der Waals surface area contributed by atoms with Gasteiger partial charge in [-0.2, -0.15) is 8.42 Å². The molecule has 1 aromatic heterocycles. The molecule has 4 aliphatic heterocycles. The molecule has 7 rings (SSSR count). The number of nitrogens with one attached hydrogen (secondary N) is 2. The summed E-state index contributed by atoms with van der Waals surface area (Å²) in [6, 6.07) is 5.12. The number of fused-ring (bicyclic) bond motifs is 5. The molecule has 4 fully saturated rings. The van der Waals surface area contributed by atoms with Gasteiger partial charge in [0.1, 0.15) is 12.1 Å². The second-order valence-corrected chi connectivity index (χ2v) is 15.9. The number of piperidine rings is 1. The Labute approximate surface area is 275 Å². The number of likely N-dealkylation sites (tertiary alicyclic amines) is 1. The lowest BCUT2D eigenvalue weighted by Crippen LogP contribution is -2.72. The minimum atomic E-state index is -3.67. The van der Waals surface area contributed by atoms with E-state index in [2.05, 4.69) is 46.6 Å². The van der Waals surface area contributed by atoms with Crippen LogP contribution in [0.15, 0.2) is 24.4 Å². The summed E-state index contributed by atoms with van der Waals surface area (Å²) in [4.78, 5) is 51.0. The van der Waals surface area contributed by atoms with Crippen LogP contribution >= 0.6 is 0 Å². The number of carbonyl (C=O) groups excluding carboxylic acids is 3. The molecule has 47 heavy (non-hydrogen) atoms. The molecule has 1 aliphatic carbocycles. The zero-order valence-corrected chi connectivity index (χ0v) is 28.7. The van der Waals surface area contributed by atoms with E-state index in [1.807, 2.05) is 27.7 Å². The number of hydrogen-bond acceptors (Lipinski definition) is 8. The number of likely N-dealkylation sites (N-methyl/N-ethyl adjacent to an activating group) is 1.